The second-order valence-corrected chi connectivity index (χ2v) is 9.26. The SMILES string of the molecule is CC(=O)CCOCCc1cccc(-c2nnn(C)n2)c1.CC(=O)CCOCCc1cccc(-c2nnnn2C)c1. The van der Waals surface area contributed by atoms with Crippen LogP contribution in [0.4, 0.5) is 0 Å². The number of ketones is 2. The van der Waals surface area contributed by atoms with Crippen LogP contribution in [0.15, 0.2) is 48.5 Å². The summed E-state index contributed by atoms with van der Waals surface area (Å²) in [5.74, 6) is 1.67. The highest BCUT2D eigenvalue weighted by molar-refractivity contribution is 5.75. The number of hydrogen-bond acceptors (Lipinski definition) is 10. The summed E-state index contributed by atoms with van der Waals surface area (Å²) >= 11 is 0. The molecule has 4 aromatic rings. The summed E-state index contributed by atoms with van der Waals surface area (Å²) in [6, 6.07) is 16.1. The smallest absolute Gasteiger partial charge is 0.204 e. The first-order valence-electron chi connectivity index (χ1n) is 13.1. The summed E-state index contributed by atoms with van der Waals surface area (Å²) in [6.45, 7) is 5.32. The predicted molar refractivity (Wildman–Crippen MR) is 148 cm³/mol. The van der Waals surface area contributed by atoms with Gasteiger partial charge in [-0.05, 0) is 65.6 Å². The molecular formula is C28H36N8O4. The molecule has 12 heteroatoms. The lowest BCUT2D eigenvalue weighted by molar-refractivity contribution is -0.118. The first-order chi connectivity index (χ1) is 19.3. The Morgan fingerprint density at radius 1 is 0.750 bits per heavy atom. The minimum absolute atomic E-state index is 0.153. The molecule has 0 saturated heterocycles. The van der Waals surface area contributed by atoms with Gasteiger partial charge in [-0.25, -0.2) is 4.68 Å². The van der Waals surface area contributed by atoms with Crippen LogP contribution >= 0.6 is 0 Å². The number of aromatic nitrogens is 8. The average molecular weight is 549 g/mol. The van der Waals surface area contributed by atoms with Crippen LogP contribution in [-0.2, 0) is 46.0 Å². The standard InChI is InChI=1S/2C14H18N4O2/c1-11(19)6-8-20-9-7-12-4-3-5-13(10-12)14-15-16-17-18(14)2;1-11(19)6-8-20-9-7-12-4-3-5-13(10-12)14-15-17-18(2)16-14/h2*3-5,10H,6-9H2,1-2H3. The van der Waals surface area contributed by atoms with Gasteiger partial charge in [-0.3, -0.25) is 9.59 Å². The minimum atomic E-state index is 0.153. The van der Waals surface area contributed by atoms with Crippen LogP contribution < -0.4 is 0 Å². The number of tetrazole rings is 2. The second kappa shape index (κ2) is 16.1. The van der Waals surface area contributed by atoms with E-state index in [-0.39, 0.29) is 11.6 Å². The maximum atomic E-state index is 10.8. The molecule has 0 spiro atoms. The van der Waals surface area contributed by atoms with Gasteiger partial charge in [0.1, 0.15) is 11.6 Å². The van der Waals surface area contributed by atoms with E-state index in [2.05, 4.69) is 37.0 Å². The molecule has 0 atom stereocenters. The molecule has 0 unspecified atom stereocenters. The molecule has 2 aromatic heterocycles. The minimum Gasteiger partial charge on any atom is -0.381 e. The van der Waals surface area contributed by atoms with Gasteiger partial charge in [0.25, 0.3) is 0 Å². The molecular weight excluding hydrogens is 512 g/mol. The Kier molecular flexibility index (Phi) is 12.2. The fraction of sp³-hybridized carbons (Fsp3) is 0.429. The molecule has 40 heavy (non-hydrogen) atoms. The van der Waals surface area contributed by atoms with E-state index in [1.165, 1.54) is 4.80 Å². The van der Waals surface area contributed by atoms with Crippen molar-refractivity contribution < 1.29 is 19.1 Å². The highest BCUT2D eigenvalue weighted by Crippen LogP contribution is 2.17. The summed E-state index contributed by atoms with van der Waals surface area (Å²) < 4.78 is 12.5. The van der Waals surface area contributed by atoms with Gasteiger partial charge in [-0.15, -0.1) is 15.3 Å². The van der Waals surface area contributed by atoms with E-state index in [4.69, 9.17) is 9.47 Å². The van der Waals surface area contributed by atoms with Gasteiger partial charge in [-0.1, -0.05) is 36.4 Å². The van der Waals surface area contributed by atoms with Crippen LogP contribution in [0.3, 0.4) is 0 Å². The monoisotopic (exact) mass is 548 g/mol. The fourth-order valence-corrected chi connectivity index (χ4v) is 3.62. The Labute approximate surface area is 233 Å². The van der Waals surface area contributed by atoms with E-state index in [9.17, 15) is 9.59 Å². The number of aryl methyl sites for hydroxylation is 2. The van der Waals surface area contributed by atoms with Crippen molar-refractivity contribution in [2.24, 2.45) is 14.1 Å². The van der Waals surface area contributed by atoms with Crippen LogP contribution in [0.2, 0.25) is 0 Å². The van der Waals surface area contributed by atoms with Gasteiger partial charge < -0.3 is 9.47 Å². The molecule has 0 saturated carbocycles. The molecule has 0 aliphatic heterocycles. The highest BCUT2D eigenvalue weighted by atomic mass is 16.5. The van der Waals surface area contributed by atoms with Gasteiger partial charge in [0.15, 0.2) is 5.82 Å². The molecule has 0 amide bonds. The Hall–Kier alpha value is -4.16. The fourth-order valence-electron chi connectivity index (χ4n) is 3.62. The van der Waals surface area contributed by atoms with E-state index in [0.717, 1.165) is 40.9 Å². The Morgan fingerprint density at radius 2 is 1.32 bits per heavy atom. The Balaban J connectivity index is 0.000000220. The van der Waals surface area contributed by atoms with Gasteiger partial charge in [0.05, 0.1) is 33.5 Å². The maximum absolute atomic E-state index is 10.8. The van der Waals surface area contributed by atoms with Crippen LogP contribution in [0.25, 0.3) is 22.8 Å². The third kappa shape index (κ3) is 10.5. The van der Waals surface area contributed by atoms with Crippen molar-refractivity contribution in [3.63, 3.8) is 0 Å². The number of carbonyl (C=O) groups is 2. The third-order valence-corrected chi connectivity index (χ3v) is 5.77. The average Bonchev–Trinajstić information content (AvgIpc) is 3.57. The van der Waals surface area contributed by atoms with Crippen LogP contribution in [0.1, 0.15) is 37.8 Å². The van der Waals surface area contributed by atoms with Gasteiger partial charge in [0, 0.05) is 31.0 Å². The number of benzene rings is 2. The number of carbonyl (C=O) groups excluding carboxylic acids is 2. The summed E-state index contributed by atoms with van der Waals surface area (Å²) in [5.41, 5.74) is 4.24. The number of ether oxygens (including phenoxy) is 2. The third-order valence-electron chi connectivity index (χ3n) is 5.77. The first kappa shape index (κ1) is 30.4. The van der Waals surface area contributed by atoms with Gasteiger partial charge in [0.2, 0.25) is 5.82 Å². The van der Waals surface area contributed by atoms with Crippen LogP contribution in [0, 0.1) is 0 Å². The topological polar surface area (TPSA) is 140 Å². The first-order valence-corrected chi connectivity index (χ1v) is 13.1. The van der Waals surface area contributed by atoms with E-state index in [1.54, 1.807) is 25.6 Å². The lowest BCUT2D eigenvalue weighted by atomic mass is 10.1. The zero-order chi connectivity index (χ0) is 28.7. The van der Waals surface area contributed by atoms with E-state index in [0.29, 0.717) is 45.1 Å². The van der Waals surface area contributed by atoms with Crippen molar-refractivity contribution in [2.75, 3.05) is 26.4 Å². The molecule has 0 N–H and O–H groups in total. The van der Waals surface area contributed by atoms with Crippen molar-refractivity contribution in [1.29, 1.82) is 0 Å². The largest absolute Gasteiger partial charge is 0.381 e. The summed E-state index contributed by atoms with van der Waals surface area (Å²) in [6.07, 6.45) is 2.55. The molecule has 0 aliphatic rings. The number of nitrogens with zero attached hydrogens (tertiary/aromatic N) is 8. The molecule has 0 bridgehead atoms. The maximum Gasteiger partial charge on any atom is 0.204 e. The summed E-state index contributed by atoms with van der Waals surface area (Å²) in [4.78, 5) is 23.0. The van der Waals surface area contributed by atoms with Gasteiger partial charge >= 0.3 is 0 Å². The zero-order valence-corrected chi connectivity index (χ0v) is 23.5. The van der Waals surface area contributed by atoms with E-state index >= 15 is 0 Å². The van der Waals surface area contributed by atoms with Crippen molar-refractivity contribution in [3.8, 4) is 22.8 Å². The van der Waals surface area contributed by atoms with Crippen LogP contribution in [0.5, 0.6) is 0 Å². The summed E-state index contributed by atoms with van der Waals surface area (Å²) in [7, 11) is 3.55. The predicted octanol–water partition coefficient (Wildman–Crippen LogP) is 2.83. The molecule has 2 aromatic carbocycles. The lowest BCUT2D eigenvalue weighted by Crippen LogP contribution is -2.04. The Bertz CT molecular complexity index is 1370. The van der Waals surface area contributed by atoms with Crippen molar-refractivity contribution in [1.82, 2.24) is 40.4 Å². The normalized spacial score (nSPS) is 10.7. The van der Waals surface area contributed by atoms with Crippen molar-refractivity contribution in [3.05, 3.63) is 59.7 Å². The molecule has 12 nitrogen and oxygen atoms in total. The van der Waals surface area contributed by atoms with E-state index in [1.807, 2.05) is 49.5 Å². The van der Waals surface area contributed by atoms with Crippen LogP contribution in [-0.4, -0.2) is 78.4 Å². The van der Waals surface area contributed by atoms with Crippen molar-refractivity contribution in [2.45, 2.75) is 39.5 Å². The van der Waals surface area contributed by atoms with E-state index < -0.39 is 0 Å². The van der Waals surface area contributed by atoms with Gasteiger partial charge in [-0.2, -0.15) is 4.80 Å². The highest BCUT2D eigenvalue weighted by Gasteiger charge is 2.07. The lowest BCUT2D eigenvalue weighted by Gasteiger charge is -2.05. The molecule has 0 radical (unpaired) electrons. The molecule has 4 rings (SSSR count). The number of Topliss-reactive ketones (excluding diaryl/α,β-unsaturated/α-hetero) is 2. The molecule has 0 aliphatic carbocycles. The molecule has 2 heterocycles. The molecule has 0 fully saturated rings. The summed E-state index contributed by atoms with van der Waals surface area (Å²) in [5, 5.41) is 23.4. The second-order valence-electron chi connectivity index (χ2n) is 9.26. The molecule has 212 valence electrons. The number of hydrogen-bond donors (Lipinski definition) is 0. The quantitative estimate of drug-likeness (QED) is 0.216. The zero-order valence-electron chi connectivity index (χ0n) is 23.5. The Morgan fingerprint density at radius 3 is 1.82 bits per heavy atom. The number of rotatable bonds is 14. The van der Waals surface area contributed by atoms with Crippen molar-refractivity contribution >= 4 is 11.6 Å².